The second kappa shape index (κ2) is 4.68. The Bertz CT molecular complexity index is 370. The van der Waals surface area contributed by atoms with E-state index in [1.807, 2.05) is 6.92 Å². The third-order valence-electron chi connectivity index (χ3n) is 1.63. The average Bonchev–Trinajstić information content (AvgIpc) is 2.14. The zero-order valence-corrected chi connectivity index (χ0v) is 9.80. The molecule has 0 fully saturated rings. The molecule has 6 heteroatoms. The van der Waals surface area contributed by atoms with Crippen molar-refractivity contribution < 1.29 is 4.39 Å². The molecule has 0 heterocycles. The number of hydrazine groups is 1. The van der Waals surface area contributed by atoms with Crippen molar-refractivity contribution >= 4 is 38.9 Å². The number of anilines is 1. The maximum absolute atomic E-state index is 13.3. The van der Waals surface area contributed by atoms with Crippen molar-refractivity contribution in [3.8, 4) is 0 Å². The molecule has 0 saturated heterocycles. The molecule has 1 rings (SSSR count). The van der Waals surface area contributed by atoms with Crippen LogP contribution in [0.15, 0.2) is 16.6 Å². The lowest BCUT2D eigenvalue weighted by atomic mass is 10.2. The van der Waals surface area contributed by atoms with Crippen molar-refractivity contribution in [2.75, 3.05) is 5.32 Å². The summed E-state index contributed by atoms with van der Waals surface area (Å²) >= 11 is 7.97. The summed E-state index contributed by atoms with van der Waals surface area (Å²) in [5.41, 5.74) is 3.43. The summed E-state index contributed by atoms with van der Waals surface area (Å²) in [6.07, 6.45) is 0. The van der Waals surface area contributed by atoms with E-state index in [1.165, 1.54) is 6.07 Å². The van der Waals surface area contributed by atoms with Gasteiger partial charge in [0.2, 0.25) is 0 Å². The van der Waals surface area contributed by atoms with E-state index in [0.29, 0.717) is 10.2 Å². The highest BCUT2D eigenvalue weighted by atomic mass is 79.9. The van der Waals surface area contributed by atoms with E-state index < -0.39 is 0 Å². The van der Waals surface area contributed by atoms with E-state index in [2.05, 4.69) is 26.7 Å². The molecule has 0 radical (unpaired) electrons. The van der Waals surface area contributed by atoms with Gasteiger partial charge in [0.15, 0.2) is 5.11 Å². The molecule has 0 aliphatic carbocycles. The number of halogens is 2. The maximum Gasteiger partial charge on any atom is 0.185 e. The summed E-state index contributed by atoms with van der Waals surface area (Å²) in [5.74, 6) is 4.66. The van der Waals surface area contributed by atoms with Crippen LogP contribution in [0.1, 0.15) is 5.56 Å². The van der Waals surface area contributed by atoms with Gasteiger partial charge in [-0.25, -0.2) is 10.2 Å². The molecule has 0 aliphatic heterocycles. The van der Waals surface area contributed by atoms with Crippen LogP contribution in [0.4, 0.5) is 10.1 Å². The molecule has 1 aromatic rings. The average molecular weight is 278 g/mol. The Morgan fingerprint density at radius 1 is 1.57 bits per heavy atom. The number of thiocarbonyl (C=S) groups is 1. The predicted molar refractivity (Wildman–Crippen MR) is 62.4 cm³/mol. The van der Waals surface area contributed by atoms with Gasteiger partial charge >= 0.3 is 0 Å². The van der Waals surface area contributed by atoms with Crippen molar-refractivity contribution in [3.63, 3.8) is 0 Å². The highest BCUT2D eigenvalue weighted by molar-refractivity contribution is 9.10. The Morgan fingerprint density at radius 3 is 2.79 bits per heavy atom. The van der Waals surface area contributed by atoms with Gasteiger partial charge in [0.1, 0.15) is 5.82 Å². The van der Waals surface area contributed by atoms with E-state index in [-0.39, 0.29) is 10.9 Å². The Hall–Kier alpha value is -0.720. The topological polar surface area (TPSA) is 50.1 Å². The Labute approximate surface area is 95.0 Å². The van der Waals surface area contributed by atoms with Gasteiger partial charge in [0.05, 0.1) is 5.69 Å². The standard InChI is InChI=1S/C8H9BrFN3S/c1-4-2-7(12-8(14)13-11)6(10)3-5(4)9/h2-3H,11H2,1H3,(H2,12,13,14). The summed E-state index contributed by atoms with van der Waals surface area (Å²) in [5, 5.41) is 2.80. The SMILES string of the molecule is Cc1cc(NC(=S)NN)c(F)cc1Br. The third kappa shape index (κ3) is 2.63. The fraction of sp³-hybridized carbons (Fsp3) is 0.125. The van der Waals surface area contributed by atoms with Crippen LogP contribution in [-0.2, 0) is 0 Å². The van der Waals surface area contributed by atoms with E-state index in [0.717, 1.165) is 5.56 Å². The van der Waals surface area contributed by atoms with Crippen molar-refractivity contribution in [2.45, 2.75) is 6.92 Å². The van der Waals surface area contributed by atoms with Crippen LogP contribution in [0.25, 0.3) is 0 Å². The number of aryl methyl sites for hydroxylation is 1. The monoisotopic (exact) mass is 277 g/mol. The fourth-order valence-electron chi connectivity index (χ4n) is 0.911. The molecule has 0 saturated carbocycles. The van der Waals surface area contributed by atoms with Gasteiger partial charge in [-0.15, -0.1) is 0 Å². The zero-order chi connectivity index (χ0) is 10.7. The quantitative estimate of drug-likeness (QED) is 0.418. The summed E-state index contributed by atoms with van der Waals surface area (Å²) in [6, 6.07) is 3.01. The molecule has 0 bridgehead atoms. The van der Waals surface area contributed by atoms with Crippen LogP contribution in [0.5, 0.6) is 0 Å². The highest BCUT2D eigenvalue weighted by Crippen LogP contribution is 2.23. The Morgan fingerprint density at radius 2 is 2.21 bits per heavy atom. The maximum atomic E-state index is 13.3. The minimum atomic E-state index is -0.389. The van der Waals surface area contributed by atoms with Gasteiger partial charge in [-0.1, -0.05) is 15.9 Å². The first-order valence-corrected chi connectivity index (χ1v) is 4.98. The van der Waals surface area contributed by atoms with Crippen LogP contribution in [0.3, 0.4) is 0 Å². The lowest BCUT2D eigenvalue weighted by Crippen LogP contribution is -2.34. The molecule has 0 aromatic heterocycles. The number of benzene rings is 1. The minimum absolute atomic E-state index is 0.172. The zero-order valence-electron chi connectivity index (χ0n) is 7.40. The highest BCUT2D eigenvalue weighted by Gasteiger charge is 2.06. The number of hydrogen-bond acceptors (Lipinski definition) is 2. The van der Waals surface area contributed by atoms with E-state index in [4.69, 9.17) is 18.1 Å². The molecule has 0 amide bonds. The Balaban J connectivity index is 2.98. The van der Waals surface area contributed by atoms with Crippen molar-refractivity contribution in [1.29, 1.82) is 0 Å². The van der Waals surface area contributed by atoms with Gasteiger partial charge in [-0.2, -0.15) is 0 Å². The van der Waals surface area contributed by atoms with Crippen LogP contribution >= 0.6 is 28.1 Å². The summed E-state index contributed by atoms with van der Waals surface area (Å²) < 4.78 is 14.0. The van der Waals surface area contributed by atoms with Gasteiger partial charge in [-0.3, -0.25) is 0 Å². The molecule has 0 aliphatic rings. The number of rotatable bonds is 1. The molecule has 4 N–H and O–H groups in total. The van der Waals surface area contributed by atoms with Gasteiger partial charge in [-0.05, 0) is 36.8 Å². The van der Waals surface area contributed by atoms with Crippen LogP contribution in [0, 0.1) is 12.7 Å². The van der Waals surface area contributed by atoms with Crippen molar-refractivity contribution in [1.82, 2.24) is 5.43 Å². The molecule has 0 unspecified atom stereocenters. The smallest absolute Gasteiger partial charge is 0.185 e. The molecule has 76 valence electrons. The van der Waals surface area contributed by atoms with Crippen LogP contribution < -0.4 is 16.6 Å². The van der Waals surface area contributed by atoms with E-state index >= 15 is 0 Å². The first-order valence-electron chi connectivity index (χ1n) is 3.78. The second-order valence-electron chi connectivity index (χ2n) is 2.68. The summed E-state index contributed by atoms with van der Waals surface area (Å²) in [6.45, 7) is 1.85. The lowest BCUT2D eigenvalue weighted by molar-refractivity contribution is 0.630. The summed E-state index contributed by atoms with van der Waals surface area (Å²) in [7, 11) is 0. The second-order valence-corrected chi connectivity index (χ2v) is 3.94. The first-order chi connectivity index (χ1) is 6.54. The number of nitrogens with two attached hydrogens (primary N) is 1. The first kappa shape index (κ1) is 11.4. The summed E-state index contributed by atoms with van der Waals surface area (Å²) in [4.78, 5) is 0. The van der Waals surface area contributed by atoms with Gasteiger partial charge in [0, 0.05) is 4.47 Å². The molecule has 0 spiro atoms. The van der Waals surface area contributed by atoms with Crippen LogP contribution in [0.2, 0.25) is 0 Å². The largest absolute Gasteiger partial charge is 0.329 e. The van der Waals surface area contributed by atoms with E-state index in [9.17, 15) is 4.39 Å². The Kier molecular flexibility index (Phi) is 3.79. The number of hydrogen-bond donors (Lipinski definition) is 3. The van der Waals surface area contributed by atoms with E-state index in [1.54, 1.807) is 6.07 Å². The minimum Gasteiger partial charge on any atom is -0.329 e. The van der Waals surface area contributed by atoms with Crippen LogP contribution in [-0.4, -0.2) is 5.11 Å². The molecular weight excluding hydrogens is 269 g/mol. The molecular formula is C8H9BrFN3S. The normalized spacial score (nSPS) is 9.71. The molecule has 1 aromatic carbocycles. The fourth-order valence-corrected chi connectivity index (χ4v) is 1.34. The van der Waals surface area contributed by atoms with Gasteiger partial charge < -0.3 is 10.7 Å². The lowest BCUT2D eigenvalue weighted by Gasteiger charge is -2.09. The predicted octanol–water partition coefficient (Wildman–Crippen LogP) is 2.06. The van der Waals surface area contributed by atoms with Crippen molar-refractivity contribution in [3.05, 3.63) is 28.0 Å². The van der Waals surface area contributed by atoms with Gasteiger partial charge in [0.25, 0.3) is 0 Å². The molecule has 3 nitrogen and oxygen atoms in total. The number of nitrogens with one attached hydrogen (secondary N) is 2. The van der Waals surface area contributed by atoms with Crippen molar-refractivity contribution in [2.24, 2.45) is 5.84 Å². The molecule has 0 atom stereocenters. The molecule has 14 heavy (non-hydrogen) atoms. The third-order valence-corrected chi connectivity index (χ3v) is 2.70.